The van der Waals surface area contributed by atoms with Gasteiger partial charge in [0.15, 0.2) is 5.58 Å². The second-order valence-electron chi connectivity index (χ2n) is 14.0. The summed E-state index contributed by atoms with van der Waals surface area (Å²) >= 11 is 0. The maximum absolute atomic E-state index is 6.90. The minimum atomic E-state index is 0.551. The number of nitrogens with zero attached hydrogens (tertiary/aromatic N) is 3. The van der Waals surface area contributed by atoms with Crippen LogP contribution in [-0.2, 0) is 0 Å². The molecule has 0 amide bonds. The van der Waals surface area contributed by atoms with E-state index >= 15 is 0 Å². The lowest BCUT2D eigenvalue weighted by Gasteiger charge is -2.30. The predicted octanol–water partition coefficient (Wildman–Crippen LogP) is 14.6. The number of aromatic nitrogens is 1. The van der Waals surface area contributed by atoms with E-state index in [9.17, 15) is 0 Å². The zero-order valence-corrected chi connectivity index (χ0v) is 30.2. The molecule has 0 saturated carbocycles. The van der Waals surface area contributed by atoms with Crippen molar-refractivity contribution >= 4 is 88.7 Å². The second-order valence-corrected chi connectivity index (χ2v) is 14.0. The molecule has 0 unspecified atom stereocenters. The molecule has 0 radical (unpaired) electrons. The molecule has 5 nitrogen and oxygen atoms in total. The van der Waals surface area contributed by atoms with Crippen molar-refractivity contribution in [3.05, 3.63) is 200 Å². The molecule has 9 aromatic carbocycles. The fourth-order valence-electron chi connectivity index (χ4n) is 8.10. The lowest BCUT2D eigenvalue weighted by atomic mass is 10.0. The Morgan fingerprint density at radius 1 is 0.321 bits per heavy atom. The van der Waals surface area contributed by atoms with Crippen molar-refractivity contribution in [2.24, 2.45) is 0 Å². The molecular weight excluding hydrogens is 687 g/mol. The maximum Gasteiger partial charge on any atom is 0.227 e. The van der Waals surface area contributed by atoms with Crippen LogP contribution in [0.5, 0.6) is 0 Å². The van der Waals surface area contributed by atoms with Gasteiger partial charge in [-0.15, -0.1) is 0 Å². The summed E-state index contributed by atoms with van der Waals surface area (Å²) in [4.78, 5) is 9.89. The molecule has 0 atom stereocenters. The number of benzene rings is 9. The molecule has 5 heteroatoms. The molecule has 0 aliphatic carbocycles. The normalized spacial score (nSPS) is 11.6. The highest BCUT2D eigenvalue weighted by atomic mass is 16.3. The molecule has 0 bridgehead atoms. The van der Waals surface area contributed by atoms with Crippen molar-refractivity contribution in [3.63, 3.8) is 0 Å². The van der Waals surface area contributed by atoms with E-state index < -0.39 is 0 Å². The highest BCUT2D eigenvalue weighted by Crippen LogP contribution is 2.45. The highest BCUT2D eigenvalue weighted by Gasteiger charge is 2.23. The van der Waals surface area contributed by atoms with E-state index in [0.717, 1.165) is 94.3 Å². The van der Waals surface area contributed by atoms with Crippen molar-refractivity contribution in [1.82, 2.24) is 4.98 Å². The molecule has 0 aliphatic heterocycles. The summed E-state index contributed by atoms with van der Waals surface area (Å²) in [6.07, 6.45) is 0. The Labute approximate surface area is 322 Å². The largest absolute Gasteiger partial charge is 0.456 e. The number of anilines is 6. The molecule has 0 fully saturated rings. The van der Waals surface area contributed by atoms with Crippen LogP contribution in [0.4, 0.5) is 34.1 Å². The number of fused-ring (bicyclic) bond motifs is 9. The van der Waals surface area contributed by atoms with Crippen molar-refractivity contribution in [1.29, 1.82) is 0 Å². The van der Waals surface area contributed by atoms with Crippen LogP contribution in [0.1, 0.15) is 0 Å². The minimum absolute atomic E-state index is 0.551. The first kappa shape index (κ1) is 31.9. The summed E-state index contributed by atoms with van der Waals surface area (Å²) in [5, 5.41) is 6.54. The Bertz CT molecular complexity index is 3100. The van der Waals surface area contributed by atoms with E-state index in [1.165, 1.54) is 0 Å². The molecule has 0 N–H and O–H groups in total. The average molecular weight is 720 g/mol. The summed E-state index contributed by atoms with van der Waals surface area (Å²) in [5.74, 6) is 0.551. The summed E-state index contributed by atoms with van der Waals surface area (Å²) in [7, 11) is 0. The molecule has 0 spiro atoms. The first-order valence-corrected chi connectivity index (χ1v) is 18.8. The van der Waals surface area contributed by atoms with Gasteiger partial charge in [0, 0.05) is 61.2 Å². The smallest absolute Gasteiger partial charge is 0.227 e. The SMILES string of the molecule is c1ccc(N(c2ccccc2)c2cc(-c3nc4c5ccccc5c5ccccc5c4o3)cc(N(c3ccccc3)c3ccc4oc5ccccc5c4c3)c2)cc1. The fraction of sp³-hybridized carbons (Fsp3) is 0. The maximum atomic E-state index is 6.90. The highest BCUT2D eigenvalue weighted by molar-refractivity contribution is 6.22. The molecular formula is C51H33N3O2. The minimum Gasteiger partial charge on any atom is -0.456 e. The van der Waals surface area contributed by atoms with Crippen LogP contribution in [0.3, 0.4) is 0 Å². The Morgan fingerprint density at radius 2 is 0.804 bits per heavy atom. The molecule has 2 heterocycles. The third-order valence-electron chi connectivity index (χ3n) is 10.6. The van der Waals surface area contributed by atoms with Gasteiger partial charge in [0.1, 0.15) is 16.7 Å². The van der Waals surface area contributed by atoms with Gasteiger partial charge in [-0.1, -0.05) is 121 Å². The van der Waals surface area contributed by atoms with E-state index in [0.29, 0.717) is 5.89 Å². The predicted molar refractivity (Wildman–Crippen MR) is 231 cm³/mol. The Morgan fingerprint density at radius 3 is 1.43 bits per heavy atom. The van der Waals surface area contributed by atoms with Gasteiger partial charge >= 0.3 is 0 Å². The third-order valence-corrected chi connectivity index (χ3v) is 10.6. The van der Waals surface area contributed by atoms with Crippen LogP contribution in [0.25, 0.3) is 66.0 Å². The van der Waals surface area contributed by atoms with E-state index in [1.54, 1.807) is 0 Å². The lowest BCUT2D eigenvalue weighted by molar-refractivity contribution is 0.623. The quantitative estimate of drug-likeness (QED) is 0.153. The zero-order valence-electron chi connectivity index (χ0n) is 30.2. The van der Waals surface area contributed by atoms with Gasteiger partial charge in [0.05, 0.1) is 0 Å². The van der Waals surface area contributed by atoms with Crippen LogP contribution in [0.15, 0.2) is 209 Å². The summed E-state index contributed by atoms with van der Waals surface area (Å²) in [6.45, 7) is 0. The number of hydrogen-bond acceptors (Lipinski definition) is 5. The number of rotatable bonds is 7. The van der Waals surface area contributed by atoms with E-state index in [4.69, 9.17) is 13.8 Å². The molecule has 56 heavy (non-hydrogen) atoms. The topological polar surface area (TPSA) is 45.7 Å². The Balaban J connectivity index is 1.20. The van der Waals surface area contributed by atoms with Gasteiger partial charge in [-0.2, -0.15) is 0 Å². The number of oxazole rings is 1. The molecule has 11 aromatic rings. The van der Waals surface area contributed by atoms with Crippen LogP contribution in [0, 0.1) is 0 Å². The van der Waals surface area contributed by atoms with Crippen molar-refractivity contribution < 1.29 is 8.83 Å². The monoisotopic (exact) mass is 719 g/mol. The fourth-order valence-corrected chi connectivity index (χ4v) is 8.10. The van der Waals surface area contributed by atoms with Crippen molar-refractivity contribution in [2.75, 3.05) is 9.80 Å². The first-order chi connectivity index (χ1) is 27.8. The summed E-state index contributed by atoms with van der Waals surface area (Å²) < 4.78 is 13.2. The molecule has 0 saturated heterocycles. The van der Waals surface area contributed by atoms with E-state index in [1.807, 2.05) is 24.3 Å². The third kappa shape index (κ3) is 5.29. The summed E-state index contributed by atoms with van der Waals surface area (Å²) in [5.41, 5.74) is 10.2. The van der Waals surface area contributed by atoms with Crippen LogP contribution in [0.2, 0.25) is 0 Å². The number of para-hydroxylation sites is 4. The zero-order chi connectivity index (χ0) is 37.0. The van der Waals surface area contributed by atoms with Gasteiger partial charge in [-0.25, -0.2) is 4.98 Å². The standard InChI is InChI=1S/C51H33N3O2/c1-4-16-35(17-5-1)53(36-18-6-2-7-19-36)39-30-34(51-52-49-44-25-12-10-22-41(44)42-23-11-13-26-45(42)50(49)56-51)31-40(32-39)54(37-20-8-3-9-21-37)38-28-29-48-46(33-38)43-24-14-15-27-47(43)55-48/h1-33H. The van der Waals surface area contributed by atoms with Crippen molar-refractivity contribution in [2.45, 2.75) is 0 Å². The molecule has 0 aliphatic rings. The summed E-state index contributed by atoms with van der Waals surface area (Å²) in [6, 6.07) is 69.6. The van der Waals surface area contributed by atoms with Crippen LogP contribution >= 0.6 is 0 Å². The van der Waals surface area contributed by atoms with Gasteiger partial charge in [0.25, 0.3) is 0 Å². The first-order valence-electron chi connectivity index (χ1n) is 18.8. The second kappa shape index (κ2) is 13.0. The van der Waals surface area contributed by atoms with E-state index in [-0.39, 0.29) is 0 Å². The van der Waals surface area contributed by atoms with Crippen LogP contribution < -0.4 is 9.80 Å². The van der Waals surface area contributed by atoms with Crippen molar-refractivity contribution in [3.8, 4) is 11.5 Å². The average Bonchev–Trinajstić information content (AvgIpc) is 3.88. The molecule has 2 aromatic heterocycles. The Kier molecular flexibility index (Phi) is 7.42. The molecule has 11 rings (SSSR count). The number of furan rings is 1. The van der Waals surface area contributed by atoms with Crippen LogP contribution in [-0.4, -0.2) is 4.98 Å². The van der Waals surface area contributed by atoms with E-state index in [2.05, 4.69) is 186 Å². The van der Waals surface area contributed by atoms with Gasteiger partial charge in [0.2, 0.25) is 5.89 Å². The van der Waals surface area contributed by atoms with Gasteiger partial charge in [-0.3, -0.25) is 0 Å². The lowest BCUT2D eigenvalue weighted by Crippen LogP contribution is -2.13. The number of hydrogen-bond donors (Lipinski definition) is 0. The molecule has 264 valence electrons. The Hall–Kier alpha value is -7.63. The van der Waals surface area contributed by atoms with Gasteiger partial charge in [-0.05, 0) is 89.6 Å². The van der Waals surface area contributed by atoms with Gasteiger partial charge < -0.3 is 18.6 Å².